The first-order valence-electron chi connectivity index (χ1n) is 6.07. The van der Waals surface area contributed by atoms with Gasteiger partial charge >= 0.3 is 0 Å². The summed E-state index contributed by atoms with van der Waals surface area (Å²) in [6.07, 6.45) is 1.84. The van der Waals surface area contributed by atoms with Crippen molar-refractivity contribution in [3.05, 3.63) is 53.7 Å². The molecule has 18 heavy (non-hydrogen) atoms. The maximum atomic E-state index is 5.70. The second-order valence-corrected chi connectivity index (χ2v) is 4.36. The standard InChI is InChI=1S/C15H18N2O/c1-11-5-4-6-14(9-11)18-15-8-7-13(10-17-15)12(2)16-3/h4-10,12,16H,1-3H3. The quantitative estimate of drug-likeness (QED) is 0.891. The molecule has 1 aromatic heterocycles. The van der Waals surface area contributed by atoms with Gasteiger partial charge in [0.05, 0.1) is 0 Å². The van der Waals surface area contributed by atoms with Gasteiger partial charge in [0.25, 0.3) is 0 Å². The van der Waals surface area contributed by atoms with E-state index >= 15 is 0 Å². The van der Waals surface area contributed by atoms with Gasteiger partial charge in [-0.15, -0.1) is 0 Å². The number of aryl methyl sites for hydroxylation is 1. The summed E-state index contributed by atoms with van der Waals surface area (Å²) in [6, 6.07) is 12.2. The van der Waals surface area contributed by atoms with Gasteiger partial charge < -0.3 is 10.1 Å². The first-order chi connectivity index (χ1) is 8.69. The zero-order chi connectivity index (χ0) is 13.0. The average molecular weight is 242 g/mol. The van der Waals surface area contributed by atoms with E-state index in [9.17, 15) is 0 Å². The van der Waals surface area contributed by atoms with E-state index < -0.39 is 0 Å². The first kappa shape index (κ1) is 12.6. The molecule has 1 heterocycles. The van der Waals surface area contributed by atoms with Gasteiger partial charge in [-0.05, 0) is 44.2 Å². The lowest BCUT2D eigenvalue weighted by atomic mass is 10.1. The van der Waals surface area contributed by atoms with Crippen LogP contribution in [0, 0.1) is 6.92 Å². The molecule has 2 rings (SSSR count). The van der Waals surface area contributed by atoms with Crippen LogP contribution >= 0.6 is 0 Å². The summed E-state index contributed by atoms with van der Waals surface area (Å²) in [5.74, 6) is 1.43. The minimum absolute atomic E-state index is 0.297. The molecule has 0 amide bonds. The molecule has 3 heteroatoms. The molecule has 0 spiro atoms. The van der Waals surface area contributed by atoms with Crippen LogP contribution in [0.15, 0.2) is 42.6 Å². The molecule has 1 aromatic carbocycles. The Labute approximate surface area is 108 Å². The highest BCUT2D eigenvalue weighted by Gasteiger charge is 2.04. The Bertz CT molecular complexity index is 508. The highest BCUT2D eigenvalue weighted by Crippen LogP contribution is 2.21. The van der Waals surface area contributed by atoms with Gasteiger partial charge in [-0.2, -0.15) is 0 Å². The van der Waals surface area contributed by atoms with Crippen molar-refractivity contribution in [1.82, 2.24) is 10.3 Å². The van der Waals surface area contributed by atoms with Crippen molar-refractivity contribution in [2.24, 2.45) is 0 Å². The molecule has 0 bridgehead atoms. The van der Waals surface area contributed by atoms with E-state index in [0.717, 1.165) is 11.3 Å². The summed E-state index contributed by atoms with van der Waals surface area (Å²) in [5, 5.41) is 3.18. The number of ether oxygens (including phenoxy) is 1. The fraction of sp³-hybridized carbons (Fsp3) is 0.267. The van der Waals surface area contributed by atoms with Crippen LogP contribution in [-0.4, -0.2) is 12.0 Å². The second kappa shape index (κ2) is 5.65. The van der Waals surface area contributed by atoms with Crippen LogP contribution < -0.4 is 10.1 Å². The van der Waals surface area contributed by atoms with E-state index in [0.29, 0.717) is 11.9 Å². The molecular weight excluding hydrogens is 224 g/mol. The fourth-order valence-corrected chi connectivity index (χ4v) is 1.67. The third-order valence-corrected chi connectivity index (χ3v) is 2.90. The van der Waals surface area contributed by atoms with E-state index in [1.165, 1.54) is 5.56 Å². The van der Waals surface area contributed by atoms with Crippen LogP contribution in [0.2, 0.25) is 0 Å². The minimum atomic E-state index is 0.297. The lowest BCUT2D eigenvalue weighted by molar-refractivity contribution is 0.461. The van der Waals surface area contributed by atoms with Crippen molar-refractivity contribution in [3.8, 4) is 11.6 Å². The van der Waals surface area contributed by atoms with E-state index in [1.807, 2.05) is 56.6 Å². The third-order valence-electron chi connectivity index (χ3n) is 2.90. The Kier molecular flexibility index (Phi) is 3.95. The lowest BCUT2D eigenvalue weighted by Gasteiger charge is -2.11. The molecule has 0 saturated carbocycles. The van der Waals surface area contributed by atoms with Gasteiger partial charge in [-0.3, -0.25) is 0 Å². The smallest absolute Gasteiger partial charge is 0.219 e. The van der Waals surface area contributed by atoms with Crippen LogP contribution in [-0.2, 0) is 0 Å². The topological polar surface area (TPSA) is 34.1 Å². The molecular formula is C15H18N2O. The molecule has 0 fully saturated rings. The number of benzene rings is 1. The van der Waals surface area contributed by atoms with Crippen LogP contribution in [0.4, 0.5) is 0 Å². The molecule has 0 aliphatic carbocycles. The van der Waals surface area contributed by atoms with E-state index in [4.69, 9.17) is 4.74 Å². The molecule has 94 valence electrons. The summed E-state index contributed by atoms with van der Waals surface area (Å²) < 4.78 is 5.70. The van der Waals surface area contributed by atoms with Gasteiger partial charge in [0.15, 0.2) is 0 Å². The normalized spacial score (nSPS) is 12.2. The fourth-order valence-electron chi connectivity index (χ4n) is 1.67. The number of aromatic nitrogens is 1. The van der Waals surface area contributed by atoms with Crippen molar-refractivity contribution in [1.29, 1.82) is 0 Å². The monoisotopic (exact) mass is 242 g/mol. The van der Waals surface area contributed by atoms with Crippen molar-refractivity contribution >= 4 is 0 Å². The maximum Gasteiger partial charge on any atom is 0.219 e. The molecule has 0 radical (unpaired) electrons. The van der Waals surface area contributed by atoms with Gasteiger partial charge in [-0.25, -0.2) is 4.98 Å². The van der Waals surface area contributed by atoms with E-state index in [-0.39, 0.29) is 0 Å². The van der Waals surface area contributed by atoms with Crippen molar-refractivity contribution in [3.63, 3.8) is 0 Å². The molecule has 2 aromatic rings. The zero-order valence-electron chi connectivity index (χ0n) is 11.0. The predicted molar refractivity (Wildman–Crippen MR) is 73.0 cm³/mol. The molecule has 0 aliphatic rings. The Morgan fingerprint density at radius 3 is 2.67 bits per heavy atom. The van der Waals surface area contributed by atoms with Crippen molar-refractivity contribution in [2.75, 3.05) is 7.05 Å². The maximum absolute atomic E-state index is 5.70. The Hall–Kier alpha value is -1.87. The number of hydrogen-bond acceptors (Lipinski definition) is 3. The lowest BCUT2D eigenvalue weighted by Crippen LogP contribution is -2.12. The third kappa shape index (κ3) is 3.08. The number of hydrogen-bond donors (Lipinski definition) is 1. The van der Waals surface area contributed by atoms with E-state index in [2.05, 4.69) is 17.2 Å². The summed E-state index contributed by atoms with van der Waals surface area (Å²) in [7, 11) is 1.93. The Morgan fingerprint density at radius 1 is 1.22 bits per heavy atom. The molecule has 0 saturated heterocycles. The van der Waals surface area contributed by atoms with Crippen LogP contribution in [0.1, 0.15) is 24.1 Å². The van der Waals surface area contributed by atoms with Crippen molar-refractivity contribution in [2.45, 2.75) is 19.9 Å². The van der Waals surface area contributed by atoms with Crippen molar-refractivity contribution < 1.29 is 4.74 Å². The highest BCUT2D eigenvalue weighted by molar-refractivity contribution is 5.31. The number of rotatable bonds is 4. The largest absolute Gasteiger partial charge is 0.439 e. The summed E-state index contributed by atoms with van der Waals surface area (Å²) in [6.45, 7) is 4.14. The second-order valence-electron chi connectivity index (χ2n) is 4.36. The minimum Gasteiger partial charge on any atom is -0.439 e. The molecule has 1 atom stereocenters. The first-order valence-corrected chi connectivity index (χ1v) is 6.07. The summed E-state index contributed by atoms with van der Waals surface area (Å²) in [5.41, 5.74) is 2.32. The SMILES string of the molecule is CNC(C)c1ccc(Oc2cccc(C)c2)nc1. The molecule has 3 nitrogen and oxygen atoms in total. The summed E-state index contributed by atoms with van der Waals surface area (Å²) in [4.78, 5) is 4.31. The number of pyridine rings is 1. The average Bonchev–Trinajstić information content (AvgIpc) is 2.39. The Balaban J connectivity index is 2.11. The van der Waals surface area contributed by atoms with Crippen LogP contribution in [0.5, 0.6) is 11.6 Å². The molecule has 1 N–H and O–H groups in total. The number of nitrogens with zero attached hydrogens (tertiary/aromatic N) is 1. The van der Waals surface area contributed by atoms with Crippen LogP contribution in [0.3, 0.4) is 0 Å². The van der Waals surface area contributed by atoms with Gasteiger partial charge in [-0.1, -0.05) is 18.2 Å². The Morgan fingerprint density at radius 2 is 2.06 bits per heavy atom. The highest BCUT2D eigenvalue weighted by atomic mass is 16.5. The predicted octanol–water partition coefficient (Wildman–Crippen LogP) is 3.46. The summed E-state index contributed by atoms with van der Waals surface area (Å²) >= 11 is 0. The number of nitrogens with one attached hydrogen (secondary N) is 1. The van der Waals surface area contributed by atoms with E-state index in [1.54, 1.807) is 0 Å². The van der Waals surface area contributed by atoms with Gasteiger partial charge in [0.1, 0.15) is 5.75 Å². The molecule has 1 unspecified atom stereocenters. The molecule has 0 aliphatic heterocycles. The zero-order valence-corrected chi connectivity index (χ0v) is 11.0. The van der Waals surface area contributed by atoms with Gasteiger partial charge in [0.2, 0.25) is 5.88 Å². The van der Waals surface area contributed by atoms with Gasteiger partial charge in [0, 0.05) is 18.3 Å². The van der Waals surface area contributed by atoms with Crippen LogP contribution in [0.25, 0.3) is 0 Å².